The molecule has 192 valence electrons. The predicted octanol–water partition coefficient (Wildman–Crippen LogP) is 6.00. The van der Waals surface area contributed by atoms with Gasteiger partial charge in [-0.05, 0) is 79.9 Å². The number of ether oxygens (including phenoxy) is 3. The monoisotopic (exact) mass is 521 g/mol. The standard InChI is InChI=1S/C29H28ClNO6/c1-6-37-24-14-18(8-12-23(24)36-5)26-25(27(32)21-15-20(35-4)10-11-22(21)30)28(33)29(34)31(26)19-9-7-16(2)17(3)13-19/h7-15,26,32H,6H2,1-5H3/b27-25+. The van der Waals surface area contributed by atoms with Crippen molar-refractivity contribution in [1.82, 2.24) is 0 Å². The van der Waals surface area contributed by atoms with Crippen molar-refractivity contribution >= 4 is 34.7 Å². The molecular weight excluding hydrogens is 494 g/mol. The largest absolute Gasteiger partial charge is 0.507 e. The van der Waals surface area contributed by atoms with Gasteiger partial charge in [0.15, 0.2) is 11.5 Å². The average molecular weight is 522 g/mol. The zero-order valence-corrected chi connectivity index (χ0v) is 22.1. The molecule has 1 aliphatic heterocycles. The third kappa shape index (κ3) is 4.74. The molecule has 3 aromatic rings. The van der Waals surface area contributed by atoms with E-state index in [0.717, 1.165) is 11.1 Å². The summed E-state index contributed by atoms with van der Waals surface area (Å²) >= 11 is 6.41. The molecule has 1 atom stereocenters. The maximum atomic E-state index is 13.5. The van der Waals surface area contributed by atoms with Crippen LogP contribution in [0.2, 0.25) is 5.02 Å². The molecule has 0 bridgehead atoms. The van der Waals surface area contributed by atoms with E-state index in [2.05, 4.69) is 0 Å². The fourth-order valence-electron chi connectivity index (χ4n) is 4.38. The molecule has 1 N–H and O–H groups in total. The van der Waals surface area contributed by atoms with Crippen LogP contribution in [0.15, 0.2) is 60.2 Å². The number of carbonyl (C=O) groups is 2. The lowest BCUT2D eigenvalue weighted by Gasteiger charge is -2.26. The van der Waals surface area contributed by atoms with Gasteiger partial charge in [0.1, 0.15) is 11.5 Å². The van der Waals surface area contributed by atoms with Crippen molar-refractivity contribution in [3.63, 3.8) is 0 Å². The van der Waals surface area contributed by atoms with E-state index in [4.69, 9.17) is 25.8 Å². The van der Waals surface area contributed by atoms with E-state index < -0.39 is 23.5 Å². The van der Waals surface area contributed by atoms with E-state index in [-0.39, 0.29) is 16.2 Å². The summed E-state index contributed by atoms with van der Waals surface area (Å²) in [6.45, 7) is 6.13. The highest BCUT2D eigenvalue weighted by atomic mass is 35.5. The number of aliphatic hydroxyl groups excluding tert-OH is 1. The third-order valence-electron chi connectivity index (χ3n) is 6.44. The minimum atomic E-state index is -0.950. The van der Waals surface area contributed by atoms with E-state index in [0.29, 0.717) is 35.1 Å². The summed E-state index contributed by atoms with van der Waals surface area (Å²) in [6.07, 6.45) is 0. The molecule has 1 aliphatic rings. The van der Waals surface area contributed by atoms with Crippen LogP contribution in [0.1, 0.15) is 35.2 Å². The van der Waals surface area contributed by atoms with Crippen LogP contribution in [-0.2, 0) is 9.59 Å². The van der Waals surface area contributed by atoms with Gasteiger partial charge in [-0.3, -0.25) is 14.5 Å². The first kappa shape index (κ1) is 26.1. The molecule has 0 saturated carbocycles. The van der Waals surface area contributed by atoms with Gasteiger partial charge in [0.2, 0.25) is 0 Å². The third-order valence-corrected chi connectivity index (χ3v) is 6.77. The summed E-state index contributed by atoms with van der Waals surface area (Å²) in [6, 6.07) is 14.5. The quantitative estimate of drug-likeness (QED) is 0.233. The first-order valence-corrected chi connectivity index (χ1v) is 12.1. The Morgan fingerprint density at radius 2 is 1.70 bits per heavy atom. The molecule has 37 heavy (non-hydrogen) atoms. The number of benzene rings is 3. The lowest BCUT2D eigenvalue weighted by Crippen LogP contribution is -2.29. The number of methoxy groups -OCH3 is 2. The van der Waals surface area contributed by atoms with Crippen LogP contribution in [-0.4, -0.2) is 37.6 Å². The summed E-state index contributed by atoms with van der Waals surface area (Å²) in [5.74, 6) is -0.588. The molecule has 4 rings (SSSR count). The van der Waals surface area contributed by atoms with Gasteiger partial charge in [-0.25, -0.2) is 0 Å². The van der Waals surface area contributed by atoms with Gasteiger partial charge >= 0.3 is 0 Å². The number of amides is 1. The fraction of sp³-hybridized carbons (Fsp3) is 0.241. The number of Topliss-reactive ketones (excluding diaryl/α,β-unsaturated/α-hetero) is 1. The molecule has 1 unspecified atom stereocenters. The molecular formula is C29H28ClNO6. The maximum absolute atomic E-state index is 13.5. The van der Waals surface area contributed by atoms with Crippen molar-refractivity contribution < 1.29 is 28.9 Å². The summed E-state index contributed by atoms with van der Waals surface area (Å²) in [4.78, 5) is 28.4. The van der Waals surface area contributed by atoms with Crippen molar-refractivity contribution in [2.75, 3.05) is 25.7 Å². The summed E-state index contributed by atoms with van der Waals surface area (Å²) in [5, 5.41) is 11.7. The molecule has 8 heteroatoms. The number of hydrogen-bond acceptors (Lipinski definition) is 6. The molecule has 1 amide bonds. The van der Waals surface area contributed by atoms with Gasteiger partial charge in [0.25, 0.3) is 11.7 Å². The Morgan fingerprint density at radius 3 is 2.35 bits per heavy atom. The molecule has 0 spiro atoms. The summed E-state index contributed by atoms with van der Waals surface area (Å²) in [5.41, 5.74) is 3.18. The Bertz CT molecular complexity index is 1410. The van der Waals surface area contributed by atoms with Crippen LogP contribution in [0, 0.1) is 13.8 Å². The van der Waals surface area contributed by atoms with Crippen LogP contribution >= 0.6 is 11.6 Å². The lowest BCUT2D eigenvalue weighted by molar-refractivity contribution is -0.132. The summed E-state index contributed by atoms with van der Waals surface area (Å²) < 4.78 is 16.5. The number of rotatable bonds is 7. The number of aryl methyl sites for hydroxylation is 2. The Hall–Kier alpha value is -3.97. The van der Waals surface area contributed by atoms with Gasteiger partial charge in [-0.15, -0.1) is 0 Å². The number of aliphatic hydroxyl groups is 1. The van der Waals surface area contributed by atoms with Crippen LogP contribution in [0.5, 0.6) is 17.2 Å². The Kier molecular flexibility index (Phi) is 7.45. The van der Waals surface area contributed by atoms with Crippen molar-refractivity contribution in [1.29, 1.82) is 0 Å². The highest BCUT2D eigenvalue weighted by Crippen LogP contribution is 2.45. The first-order valence-electron chi connectivity index (χ1n) is 11.7. The van der Waals surface area contributed by atoms with Crippen LogP contribution in [0.3, 0.4) is 0 Å². The van der Waals surface area contributed by atoms with Crippen molar-refractivity contribution in [3.05, 3.63) is 87.4 Å². The Morgan fingerprint density at radius 1 is 0.946 bits per heavy atom. The van der Waals surface area contributed by atoms with Gasteiger partial charge in [-0.1, -0.05) is 23.7 Å². The lowest BCUT2D eigenvalue weighted by atomic mass is 9.94. The number of carbonyl (C=O) groups excluding carboxylic acids is 2. The number of halogens is 1. The van der Waals surface area contributed by atoms with Crippen molar-refractivity contribution in [2.24, 2.45) is 0 Å². The number of hydrogen-bond donors (Lipinski definition) is 1. The van der Waals surface area contributed by atoms with E-state index in [1.807, 2.05) is 32.9 Å². The van der Waals surface area contributed by atoms with E-state index >= 15 is 0 Å². The maximum Gasteiger partial charge on any atom is 0.300 e. The van der Waals surface area contributed by atoms with E-state index in [1.165, 1.54) is 25.2 Å². The van der Waals surface area contributed by atoms with Gasteiger partial charge in [-0.2, -0.15) is 0 Å². The Labute approximate surface area is 220 Å². The number of ketones is 1. The normalized spacial score (nSPS) is 16.7. The van der Waals surface area contributed by atoms with E-state index in [1.54, 1.807) is 36.4 Å². The summed E-state index contributed by atoms with van der Waals surface area (Å²) in [7, 11) is 3.02. The second kappa shape index (κ2) is 10.6. The first-order chi connectivity index (χ1) is 17.7. The van der Waals surface area contributed by atoms with Gasteiger partial charge in [0.05, 0.1) is 37.5 Å². The Balaban J connectivity index is 2.00. The predicted molar refractivity (Wildman–Crippen MR) is 143 cm³/mol. The van der Waals surface area contributed by atoms with Gasteiger partial charge < -0.3 is 19.3 Å². The highest BCUT2D eigenvalue weighted by Gasteiger charge is 2.47. The fourth-order valence-corrected chi connectivity index (χ4v) is 4.59. The minimum absolute atomic E-state index is 0.0917. The molecule has 7 nitrogen and oxygen atoms in total. The molecule has 3 aromatic carbocycles. The topological polar surface area (TPSA) is 85.3 Å². The average Bonchev–Trinajstić information content (AvgIpc) is 3.16. The smallest absolute Gasteiger partial charge is 0.300 e. The molecule has 0 aromatic heterocycles. The highest BCUT2D eigenvalue weighted by molar-refractivity contribution is 6.52. The van der Waals surface area contributed by atoms with Crippen molar-refractivity contribution in [2.45, 2.75) is 26.8 Å². The van der Waals surface area contributed by atoms with Crippen molar-refractivity contribution in [3.8, 4) is 17.2 Å². The zero-order chi connectivity index (χ0) is 26.9. The molecule has 0 radical (unpaired) electrons. The minimum Gasteiger partial charge on any atom is -0.507 e. The van der Waals surface area contributed by atoms with E-state index in [9.17, 15) is 14.7 Å². The number of anilines is 1. The molecule has 1 fully saturated rings. The van der Waals surface area contributed by atoms with Gasteiger partial charge in [0, 0.05) is 11.3 Å². The zero-order valence-electron chi connectivity index (χ0n) is 21.3. The SMILES string of the molecule is CCOc1cc(C2/C(=C(\O)c3cc(OC)ccc3Cl)C(=O)C(=O)N2c2ccc(C)c(C)c2)ccc1OC. The van der Waals surface area contributed by atoms with Crippen LogP contribution in [0.25, 0.3) is 5.76 Å². The van der Waals surface area contributed by atoms with Crippen LogP contribution in [0.4, 0.5) is 5.69 Å². The van der Waals surface area contributed by atoms with Crippen LogP contribution < -0.4 is 19.1 Å². The second-order valence-corrected chi connectivity index (χ2v) is 9.03. The molecule has 1 heterocycles. The molecule has 0 aliphatic carbocycles. The molecule has 1 saturated heterocycles. The number of nitrogens with zero attached hydrogens (tertiary/aromatic N) is 1. The second-order valence-electron chi connectivity index (χ2n) is 8.63.